The molecule has 4 aromatic rings. The number of rotatable bonds is 10. The third kappa shape index (κ3) is 7.01. The number of halogens is 1. The zero-order valence-corrected chi connectivity index (χ0v) is 26.5. The van der Waals surface area contributed by atoms with Crippen molar-refractivity contribution in [2.45, 2.75) is 75.6 Å². The van der Waals surface area contributed by atoms with E-state index >= 15 is 0 Å². The minimum absolute atomic E-state index is 0.108. The highest BCUT2D eigenvalue weighted by atomic mass is 32.2. The first-order chi connectivity index (χ1) is 21.9. The zero-order valence-electron chi connectivity index (χ0n) is 25.7. The highest BCUT2D eigenvalue weighted by molar-refractivity contribution is 7.98. The van der Waals surface area contributed by atoms with Gasteiger partial charge in [0.2, 0.25) is 11.1 Å². The van der Waals surface area contributed by atoms with Crippen molar-refractivity contribution >= 4 is 23.7 Å². The molecular weight excluding hydrogens is 591 g/mol. The number of thioether (sulfide) groups is 1. The number of allylic oxidation sites excluding steroid dienone is 1. The molecule has 3 aromatic carbocycles. The van der Waals surface area contributed by atoms with Crippen LogP contribution in [0.4, 0.5) is 10.3 Å². The SMILES string of the molecule is COc1cc(C2C(C(=O)OC3CCCCC3)=C(C)Nc3nc(SCc4ccccc4F)nn32)ccc1OCc1cccc(C)c1. The first-order valence-corrected chi connectivity index (χ1v) is 16.3. The van der Waals surface area contributed by atoms with E-state index < -0.39 is 6.04 Å². The summed E-state index contributed by atoms with van der Waals surface area (Å²) < 4.78 is 34.0. The number of hydrogen-bond acceptors (Lipinski definition) is 8. The van der Waals surface area contributed by atoms with Gasteiger partial charge >= 0.3 is 5.97 Å². The molecule has 234 valence electrons. The Labute approximate surface area is 267 Å². The largest absolute Gasteiger partial charge is 0.493 e. The summed E-state index contributed by atoms with van der Waals surface area (Å²) in [4.78, 5) is 18.5. The van der Waals surface area contributed by atoms with Gasteiger partial charge in [-0.1, -0.05) is 72.3 Å². The average molecular weight is 629 g/mol. The molecule has 1 saturated carbocycles. The number of esters is 1. The lowest BCUT2D eigenvalue weighted by atomic mass is 9.94. The summed E-state index contributed by atoms with van der Waals surface area (Å²) in [6.07, 6.45) is 4.88. The number of fused-ring (bicyclic) bond motifs is 1. The molecule has 0 bridgehead atoms. The molecule has 1 N–H and O–H groups in total. The molecule has 8 nitrogen and oxygen atoms in total. The number of nitrogens with zero attached hydrogens (tertiary/aromatic N) is 3. The number of anilines is 1. The number of nitrogens with one attached hydrogen (secondary N) is 1. The summed E-state index contributed by atoms with van der Waals surface area (Å²) in [6, 6.07) is 19.8. The van der Waals surface area contributed by atoms with E-state index in [1.165, 1.54) is 17.8 Å². The molecule has 0 radical (unpaired) electrons. The van der Waals surface area contributed by atoms with Gasteiger partial charge in [-0.05, 0) is 74.4 Å². The van der Waals surface area contributed by atoms with Gasteiger partial charge in [0.05, 0.1) is 12.7 Å². The number of aromatic nitrogens is 3. The van der Waals surface area contributed by atoms with Gasteiger partial charge in [0.1, 0.15) is 24.6 Å². The van der Waals surface area contributed by atoms with Crippen LogP contribution < -0.4 is 14.8 Å². The van der Waals surface area contributed by atoms with Gasteiger partial charge < -0.3 is 19.5 Å². The van der Waals surface area contributed by atoms with Crippen molar-refractivity contribution in [2.75, 3.05) is 12.4 Å². The van der Waals surface area contributed by atoms with E-state index in [-0.39, 0.29) is 17.9 Å². The second kappa shape index (κ2) is 13.8. The molecule has 1 aromatic heterocycles. The number of carbonyl (C=O) groups excluding carboxylic acids is 1. The fourth-order valence-electron chi connectivity index (χ4n) is 5.86. The minimum Gasteiger partial charge on any atom is -0.493 e. The maximum atomic E-state index is 14.3. The van der Waals surface area contributed by atoms with Gasteiger partial charge in [0.15, 0.2) is 11.5 Å². The zero-order chi connectivity index (χ0) is 31.3. The van der Waals surface area contributed by atoms with Gasteiger partial charge in [-0.2, -0.15) is 4.98 Å². The van der Waals surface area contributed by atoms with Crippen molar-refractivity contribution < 1.29 is 23.4 Å². The predicted molar refractivity (Wildman–Crippen MR) is 172 cm³/mol. The highest BCUT2D eigenvalue weighted by Gasteiger charge is 2.37. The van der Waals surface area contributed by atoms with Gasteiger partial charge in [0.25, 0.3) is 0 Å². The fraction of sp³-hybridized carbons (Fsp3) is 0.343. The molecule has 10 heteroatoms. The number of carbonyl (C=O) groups is 1. The van der Waals surface area contributed by atoms with Crippen LogP contribution in [0.25, 0.3) is 0 Å². The summed E-state index contributed by atoms with van der Waals surface area (Å²) >= 11 is 1.33. The van der Waals surface area contributed by atoms with Gasteiger partial charge in [-0.25, -0.2) is 13.9 Å². The van der Waals surface area contributed by atoms with Crippen LogP contribution in [0.1, 0.15) is 67.3 Å². The van der Waals surface area contributed by atoms with Crippen LogP contribution in [0.2, 0.25) is 0 Å². The minimum atomic E-state index is -0.632. The molecule has 1 aliphatic carbocycles. The second-order valence-corrected chi connectivity index (χ2v) is 12.4. The van der Waals surface area contributed by atoms with E-state index in [1.807, 2.05) is 50.2 Å². The Morgan fingerprint density at radius 2 is 1.84 bits per heavy atom. The molecule has 2 aliphatic rings. The maximum absolute atomic E-state index is 14.3. The summed E-state index contributed by atoms with van der Waals surface area (Å²) in [6.45, 7) is 4.29. The molecule has 0 spiro atoms. The van der Waals surface area contributed by atoms with Gasteiger partial charge in [0, 0.05) is 11.4 Å². The van der Waals surface area contributed by atoms with Crippen LogP contribution in [0.15, 0.2) is 83.2 Å². The molecule has 45 heavy (non-hydrogen) atoms. The second-order valence-electron chi connectivity index (χ2n) is 11.5. The molecule has 2 heterocycles. The molecule has 1 unspecified atom stereocenters. The van der Waals surface area contributed by atoms with E-state index in [2.05, 4.69) is 11.4 Å². The van der Waals surface area contributed by atoms with Gasteiger partial charge in [-0.15, -0.1) is 5.10 Å². The quantitative estimate of drug-likeness (QED) is 0.141. The van der Waals surface area contributed by atoms with E-state index in [9.17, 15) is 9.18 Å². The Morgan fingerprint density at radius 1 is 1.02 bits per heavy atom. The lowest BCUT2D eigenvalue weighted by Crippen LogP contribution is -2.32. The van der Waals surface area contributed by atoms with Crippen LogP contribution in [-0.4, -0.2) is 33.9 Å². The number of aryl methyl sites for hydroxylation is 1. The van der Waals surface area contributed by atoms with Crippen LogP contribution in [-0.2, 0) is 21.9 Å². The lowest BCUT2D eigenvalue weighted by Gasteiger charge is -2.30. The number of benzene rings is 3. The molecule has 6 rings (SSSR count). The van der Waals surface area contributed by atoms with Crippen LogP contribution in [0.5, 0.6) is 11.5 Å². The first kappa shape index (κ1) is 30.7. The fourth-order valence-corrected chi connectivity index (χ4v) is 6.67. The van der Waals surface area contributed by atoms with Crippen LogP contribution in [0.3, 0.4) is 0 Å². The molecule has 0 saturated heterocycles. The van der Waals surface area contributed by atoms with Crippen molar-refractivity contribution in [3.05, 3.63) is 106 Å². The van der Waals surface area contributed by atoms with E-state index in [4.69, 9.17) is 24.3 Å². The molecule has 1 atom stereocenters. The van der Waals surface area contributed by atoms with E-state index in [0.29, 0.717) is 51.8 Å². The van der Waals surface area contributed by atoms with E-state index in [1.54, 1.807) is 30.0 Å². The highest BCUT2D eigenvalue weighted by Crippen LogP contribution is 2.40. The first-order valence-electron chi connectivity index (χ1n) is 15.3. The van der Waals surface area contributed by atoms with Crippen molar-refractivity contribution in [3.63, 3.8) is 0 Å². The summed E-state index contributed by atoms with van der Waals surface area (Å²) in [7, 11) is 1.60. The summed E-state index contributed by atoms with van der Waals surface area (Å²) in [5.41, 5.74) is 4.65. The summed E-state index contributed by atoms with van der Waals surface area (Å²) in [5.74, 6) is 1.33. The van der Waals surface area contributed by atoms with Crippen LogP contribution >= 0.6 is 11.8 Å². The van der Waals surface area contributed by atoms with Crippen molar-refractivity contribution in [1.82, 2.24) is 14.8 Å². The van der Waals surface area contributed by atoms with E-state index in [0.717, 1.165) is 48.8 Å². The monoisotopic (exact) mass is 628 g/mol. The molecule has 1 aliphatic heterocycles. The maximum Gasteiger partial charge on any atom is 0.338 e. The normalized spacial score (nSPS) is 16.6. The Hall–Kier alpha value is -4.31. The van der Waals surface area contributed by atoms with Crippen LogP contribution in [0, 0.1) is 12.7 Å². The lowest BCUT2D eigenvalue weighted by molar-refractivity contribution is -0.146. The number of methoxy groups -OCH3 is 1. The van der Waals surface area contributed by atoms with Crippen molar-refractivity contribution in [2.24, 2.45) is 0 Å². The topological polar surface area (TPSA) is 87.5 Å². The number of ether oxygens (including phenoxy) is 3. The third-order valence-corrected chi connectivity index (χ3v) is 9.06. The molecular formula is C35H37FN4O4S. The molecule has 0 amide bonds. The predicted octanol–water partition coefficient (Wildman–Crippen LogP) is 7.77. The Bertz CT molecular complexity index is 1720. The van der Waals surface area contributed by atoms with Crippen molar-refractivity contribution in [3.8, 4) is 11.5 Å². The Balaban J connectivity index is 1.32. The Kier molecular flexibility index (Phi) is 9.39. The standard InChI is InChI=1S/C35H37FN4O4S/c1-22-10-9-11-24(18-22)20-43-29-17-16-25(19-30(29)42-3)32-31(33(41)44-27-13-5-4-6-14-27)23(2)37-34-38-35(39-40(32)34)45-21-26-12-7-8-15-28(26)36/h7-12,15-19,27,32H,4-6,13-14,20-21H2,1-3H3,(H,37,38,39). The number of hydrogen-bond donors (Lipinski definition) is 1. The van der Waals surface area contributed by atoms with Gasteiger partial charge in [-0.3, -0.25) is 0 Å². The third-order valence-electron chi connectivity index (χ3n) is 8.17. The smallest absolute Gasteiger partial charge is 0.338 e. The summed E-state index contributed by atoms with van der Waals surface area (Å²) in [5, 5.41) is 8.53. The Morgan fingerprint density at radius 3 is 2.62 bits per heavy atom. The molecule has 1 fully saturated rings. The van der Waals surface area contributed by atoms with Crippen molar-refractivity contribution in [1.29, 1.82) is 0 Å². The average Bonchev–Trinajstić information content (AvgIpc) is 3.45.